The molecule has 2 aromatic rings. The summed E-state index contributed by atoms with van der Waals surface area (Å²) in [5.41, 5.74) is 2.18. The van der Waals surface area contributed by atoms with Gasteiger partial charge < -0.3 is 5.11 Å². The van der Waals surface area contributed by atoms with E-state index < -0.39 is 6.10 Å². The molecular formula is C16H18ClNOS. The Morgan fingerprint density at radius 2 is 2.00 bits per heavy atom. The second-order valence-electron chi connectivity index (χ2n) is 5.40. The van der Waals surface area contributed by atoms with Crippen molar-refractivity contribution in [3.05, 3.63) is 40.0 Å². The van der Waals surface area contributed by atoms with Crippen LogP contribution in [0.1, 0.15) is 55.3 Å². The van der Waals surface area contributed by atoms with Crippen molar-refractivity contribution < 1.29 is 5.11 Å². The van der Waals surface area contributed by atoms with Crippen molar-refractivity contribution in [3.63, 3.8) is 0 Å². The van der Waals surface area contributed by atoms with Crippen molar-refractivity contribution in [2.24, 2.45) is 0 Å². The lowest BCUT2D eigenvalue weighted by Crippen LogP contribution is -1.97. The van der Waals surface area contributed by atoms with Crippen molar-refractivity contribution in [3.8, 4) is 10.4 Å². The Bertz CT molecular complexity index is 602. The summed E-state index contributed by atoms with van der Waals surface area (Å²) in [5, 5.41) is 11.4. The van der Waals surface area contributed by atoms with Crippen LogP contribution in [0.3, 0.4) is 0 Å². The van der Waals surface area contributed by atoms with Crippen LogP contribution < -0.4 is 0 Å². The third kappa shape index (κ3) is 2.62. The normalized spacial score (nSPS) is 17.6. The Morgan fingerprint density at radius 3 is 2.65 bits per heavy atom. The summed E-state index contributed by atoms with van der Waals surface area (Å²) >= 11 is 7.92. The van der Waals surface area contributed by atoms with Crippen LogP contribution in [-0.4, -0.2) is 10.1 Å². The van der Waals surface area contributed by atoms with Gasteiger partial charge in [-0.1, -0.05) is 42.6 Å². The molecule has 1 aromatic carbocycles. The van der Waals surface area contributed by atoms with E-state index in [1.807, 2.05) is 24.3 Å². The highest BCUT2D eigenvalue weighted by molar-refractivity contribution is 7.15. The van der Waals surface area contributed by atoms with Gasteiger partial charge in [-0.05, 0) is 25.8 Å². The molecule has 1 atom stereocenters. The summed E-state index contributed by atoms with van der Waals surface area (Å²) in [6.07, 6.45) is 4.42. The quantitative estimate of drug-likeness (QED) is 0.848. The minimum Gasteiger partial charge on any atom is -0.386 e. The van der Waals surface area contributed by atoms with Crippen LogP contribution in [0.5, 0.6) is 0 Å². The molecular weight excluding hydrogens is 290 g/mol. The van der Waals surface area contributed by atoms with Crippen molar-refractivity contribution >= 4 is 22.9 Å². The maximum Gasteiger partial charge on any atom is 0.122 e. The number of halogens is 1. The molecule has 2 nitrogen and oxygen atoms in total. The van der Waals surface area contributed by atoms with Gasteiger partial charge >= 0.3 is 0 Å². The number of aromatic nitrogens is 1. The summed E-state index contributed by atoms with van der Waals surface area (Å²) in [7, 11) is 0. The number of thiazole rings is 1. The van der Waals surface area contributed by atoms with Gasteiger partial charge in [-0.25, -0.2) is 4.98 Å². The summed E-state index contributed by atoms with van der Waals surface area (Å²) in [6, 6.07) is 7.90. The molecule has 1 N–H and O–H groups in total. The molecule has 20 heavy (non-hydrogen) atoms. The average molecular weight is 308 g/mol. The Balaban J connectivity index is 2.10. The van der Waals surface area contributed by atoms with Gasteiger partial charge in [-0.2, -0.15) is 0 Å². The SMILES string of the molecule is CC(O)c1nc(C2CCCC2)c(-c2ccccc2Cl)s1. The zero-order chi connectivity index (χ0) is 14.1. The Hall–Kier alpha value is -0.900. The van der Waals surface area contributed by atoms with E-state index in [9.17, 15) is 5.11 Å². The Kier molecular flexibility index (Phi) is 4.11. The zero-order valence-corrected chi connectivity index (χ0v) is 13.0. The molecule has 1 fully saturated rings. The number of aliphatic hydroxyl groups is 1. The van der Waals surface area contributed by atoms with Crippen molar-refractivity contribution in [2.45, 2.75) is 44.6 Å². The van der Waals surface area contributed by atoms with Crippen molar-refractivity contribution in [1.82, 2.24) is 4.98 Å². The molecule has 1 aromatic heterocycles. The molecule has 0 aliphatic heterocycles. The first kappa shape index (κ1) is 14.1. The summed E-state index contributed by atoms with van der Waals surface area (Å²) < 4.78 is 0. The Morgan fingerprint density at radius 1 is 1.30 bits per heavy atom. The van der Waals surface area contributed by atoms with E-state index in [1.165, 1.54) is 25.7 Å². The minimum atomic E-state index is -0.517. The smallest absolute Gasteiger partial charge is 0.122 e. The second-order valence-corrected chi connectivity index (χ2v) is 6.84. The van der Waals surface area contributed by atoms with Crippen LogP contribution >= 0.6 is 22.9 Å². The van der Waals surface area contributed by atoms with E-state index in [0.29, 0.717) is 5.92 Å². The maximum atomic E-state index is 9.84. The second kappa shape index (κ2) is 5.84. The fraction of sp³-hybridized carbons (Fsp3) is 0.438. The summed E-state index contributed by atoms with van der Waals surface area (Å²) in [6.45, 7) is 1.77. The number of hydrogen-bond donors (Lipinski definition) is 1. The van der Waals surface area contributed by atoms with Gasteiger partial charge in [0.2, 0.25) is 0 Å². The van der Waals surface area contributed by atoms with Crippen LogP contribution in [0.15, 0.2) is 24.3 Å². The molecule has 0 amide bonds. The zero-order valence-electron chi connectivity index (χ0n) is 11.5. The number of aliphatic hydroxyl groups excluding tert-OH is 1. The monoisotopic (exact) mass is 307 g/mol. The van der Waals surface area contributed by atoms with E-state index in [2.05, 4.69) is 0 Å². The highest BCUT2D eigenvalue weighted by Gasteiger charge is 2.26. The molecule has 0 spiro atoms. The van der Waals surface area contributed by atoms with E-state index in [-0.39, 0.29) is 0 Å². The fourth-order valence-electron chi connectivity index (χ4n) is 2.84. The lowest BCUT2D eigenvalue weighted by molar-refractivity contribution is 0.198. The van der Waals surface area contributed by atoms with Gasteiger partial charge in [0, 0.05) is 16.5 Å². The molecule has 3 rings (SSSR count). The topological polar surface area (TPSA) is 33.1 Å². The molecule has 0 radical (unpaired) electrons. The van der Waals surface area contributed by atoms with Crippen LogP contribution in [0.4, 0.5) is 0 Å². The molecule has 0 bridgehead atoms. The van der Waals surface area contributed by atoms with Gasteiger partial charge in [0.1, 0.15) is 11.1 Å². The van der Waals surface area contributed by atoms with Gasteiger partial charge in [-0.15, -0.1) is 11.3 Å². The maximum absolute atomic E-state index is 9.84. The highest BCUT2D eigenvalue weighted by atomic mass is 35.5. The molecule has 0 saturated heterocycles. The number of benzene rings is 1. The van der Waals surface area contributed by atoms with Crippen LogP contribution in [0.2, 0.25) is 5.02 Å². The minimum absolute atomic E-state index is 0.517. The molecule has 1 unspecified atom stereocenters. The lowest BCUT2D eigenvalue weighted by Gasteiger charge is -2.09. The summed E-state index contributed by atoms with van der Waals surface area (Å²) in [4.78, 5) is 5.86. The first-order valence-electron chi connectivity index (χ1n) is 7.10. The third-order valence-corrected chi connectivity index (χ3v) is 5.49. The van der Waals surface area contributed by atoms with E-state index >= 15 is 0 Å². The van der Waals surface area contributed by atoms with E-state index in [1.54, 1.807) is 18.3 Å². The standard InChI is InChI=1S/C16H18ClNOS/c1-10(19)16-18-14(11-6-2-3-7-11)15(20-16)12-8-4-5-9-13(12)17/h4-5,8-11,19H,2-3,6-7H2,1H3. The van der Waals surface area contributed by atoms with Crippen molar-refractivity contribution in [1.29, 1.82) is 0 Å². The van der Waals surface area contributed by atoms with Crippen LogP contribution in [0.25, 0.3) is 10.4 Å². The molecule has 4 heteroatoms. The fourth-order valence-corrected chi connectivity index (χ4v) is 4.26. The largest absolute Gasteiger partial charge is 0.386 e. The highest BCUT2D eigenvalue weighted by Crippen LogP contribution is 2.44. The predicted octanol–water partition coefficient (Wildman–Crippen LogP) is 5.17. The molecule has 1 aliphatic carbocycles. The average Bonchev–Trinajstić information content (AvgIpc) is 3.08. The number of hydrogen-bond acceptors (Lipinski definition) is 3. The van der Waals surface area contributed by atoms with Crippen LogP contribution in [0, 0.1) is 0 Å². The van der Waals surface area contributed by atoms with Gasteiger partial charge in [0.25, 0.3) is 0 Å². The number of rotatable bonds is 3. The van der Waals surface area contributed by atoms with Crippen LogP contribution in [-0.2, 0) is 0 Å². The summed E-state index contributed by atoms with van der Waals surface area (Å²) in [5.74, 6) is 0.519. The van der Waals surface area contributed by atoms with Gasteiger partial charge in [-0.3, -0.25) is 0 Å². The predicted molar refractivity (Wildman–Crippen MR) is 84.4 cm³/mol. The molecule has 1 saturated carbocycles. The molecule has 106 valence electrons. The third-order valence-electron chi connectivity index (χ3n) is 3.89. The Labute approximate surface area is 128 Å². The number of nitrogens with zero attached hydrogens (tertiary/aromatic N) is 1. The first-order valence-corrected chi connectivity index (χ1v) is 8.30. The van der Waals surface area contributed by atoms with E-state index in [0.717, 1.165) is 26.2 Å². The van der Waals surface area contributed by atoms with Gasteiger partial charge in [0.05, 0.1) is 10.6 Å². The lowest BCUT2D eigenvalue weighted by atomic mass is 10.00. The molecule has 1 heterocycles. The molecule has 1 aliphatic rings. The first-order chi connectivity index (χ1) is 9.66. The van der Waals surface area contributed by atoms with Gasteiger partial charge in [0.15, 0.2) is 0 Å². The van der Waals surface area contributed by atoms with Crippen molar-refractivity contribution in [2.75, 3.05) is 0 Å². The van der Waals surface area contributed by atoms with E-state index in [4.69, 9.17) is 16.6 Å².